The maximum Gasteiger partial charge on any atom is 0.453 e. The Morgan fingerprint density at radius 2 is 1.95 bits per heavy atom. The van der Waals surface area contributed by atoms with Crippen molar-refractivity contribution in [1.29, 1.82) is 0 Å². The molecule has 0 saturated carbocycles. The summed E-state index contributed by atoms with van der Waals surface area (Å²) in [4.78, 5) is 41.8. The molecule has 40 heavy (non-hydrogen) atoms. The molecule has 0 spiro atoms. The molecule has 0 saturated heterocycles. The van der Waals surface area contributed by atoms with Crippen molar-refractivity contribution < 1.29 is 36.3 Å². The van der Waals surface area contributed by atoms with Gasteiger partial charge in [-0.15, -0.1) is 0 Å². The van der Waals surface area contributed by atoms with Crippen LogP contribution in [0, 0.1) is 6.92 Å². The molecule has 1 aliphatic rings. The fourth-order valence-electron chi connectivity index (χ4n) is 4.26. The van der Waals surface area contributed by atoms with E-state index in [0.29, 0.717) is 5.69 Å². The van der Waals surface area contributed by atoms with Crippen LogP contribution in [0.5, 0.6) is 5.06 Å². The fraction of sp³-hybridized carbons (Fsp3) is 0.348. The topological polar surface area (TPSA) is 151 Å². The van der Waals surface area contributed by atoms with Gasteiger partial charge in [0.05, 0.1) is 16.6 Å². The van der Waals surface area contributed by atoms with Gasteiger partial charge in [-0.25, -0.2) is 24.6 Å². The number of ether oxygens (including phenoxy) is 1. The van der Waals surface area contributed by atoms with Gasteiger partial charge < -0.3 is 15.8 Å². The van der Waals surface area contributed by atoms with Crippen LogP contribution in [0.15, 0.2) is 18.3 Å². The molecule has 17 heteroatoms. The number of alkyl halides is 5. The molecular formula is C23H19F5N8O3S. The summed E-state index contributed by atoms with van der Waals surface area (Å²) < 4.78 is 71.3. The first-order valence-corrected chi connectivity index (χ1v) is 12.4. The number of nitrogen functional groups attached to an aromatic ring is 1. The second kappa shape index (κ2) is 9.14. The molecular weight excluding hydrogens is 563 g/mol. The standard InChI is InChI=1S/C23H19F5N8O3S/c1-9-18(39-10(2)37)40-20(31-9)21(3)12-14(29)32-16(33-15(12)34-19(21)38)13-11-5-4-7-30-17(11)36(35-13)8-6-22(24,25)23(26,27)28/h4-5,7H,6,8H2,1-3H3,(H3,29,32,33,34,38). The number of halogens is 5. The van der Waals surface area contributed by atoms with Crippen molar-refractivity contribution in [2.24, 2.45) is 0 Å². The molecule has 1 amide bonds. The minimum absolute atomic E-state index is 0.0121. The number of hydrogen-bond acceptors (Lipinski definition) is 10. The lowest BCUT2D eigenvalue weighted by Crippen LogP contribution is -2.37. The molecule has 1 aliphatic heterocycles. The number of nitrogens with one attached hydrogen (secondary N) is 1. The van der Waals surface area contributed by atoms with Crippen molar-refractivity contribution in [2.75, 3.05) is 11.1 Å². The van der Waals surface area contributed by atoms with Crippen molar-refractivity contribution in [1.82, 2.24) is 29.7 Å². The summed E-state index contributed by atoms with van der Waals surface area (Å²) in [7, 11) is 0. The molecule has 0 fully saturated rings. The van der Waals surface area contributed by atoms with Crippen LogP contribution in [0.1, 0.15) is 36.5 Å². The largest absolute Gasteiger partial charge is 0.453 e. The zero-order chi connectivity index (χ0) is 29.2. The molecule has 0 radical (unpaired) electrons. The Morgan fingerprint density at radius 1 is 1.23 bits per heavy atom. The number of rotatable bonds is 6. The summed E-state index contributed by atoms with van der Waals surface area (Å²) >= 11 is 0.983. The second-order valence-corrected chi connectivity index (χ2v) is 10.1. The summed E-state index contributed by atoms with van der Waals surface area (Å²) in [5.74, 6) is -6.24. The van der Waals surface area contributed by atoms with E-state index in [0.717, 1.165) is 16.0 Å². The van der Waals surface area contributed by atoms with E-state index >= 15 is 0 Å². The first kappa shape index (κ1) is 27.3. The average Bonchev–Trinajstić information content (AvgIpc) is 3.49. The number of carbonyl (C=O) groups is 2. The number of thiazole rings is 1. The molecule has 11 nitrogen and oxygen atoms in total. The Kier molecular flexibility index (Phi) is 6.24. The van der Waals surface area contributed by atoms with Crippen molar-refractivity contribution in [3.05, 3.63) is 34.6 Å². The van der Waals surface area contributed by atoms with Crippen molar-refractivity contribution in [3.8, 4) is 16.6 Å². The maximum absolute atomic E-state index is 13.6. The van der Waals surface area contributed by atoms with E-state index in [1.807, 2.05) is 0 Å². The third-order valence-corrected chi connectivity index (χ3v) is 7.57. The summed E-state index contributed by atoms with van der Waals surface area (Å²) in [6.45, 7) is 3.59. The molecule has 4 aromatic rings. The third-order valence-electron chi connectivity index (χ3n) is 6.31. The first-order chi connectivity index (χ1) is 18.6. The Labute approximate surface area is 225 Å². The maximum atomic E-state index is 13.6. The van der Waals surface area contributed by atoms with Crippen LogP contribution >= 0.6 is 11.3 Å². The van der Waals surface area contributed by atoms with E-state index in [1.54, 1.807) is 13.8 Å². The van der Waals surface area contributed by atoms with Crippen LogP contribution in [0.25, 0.3) is 22.6 Å². The number of carbonyl (C=O) groups excluding carboxylic acids is 2. The van der Waals surface area contributed by atoms with Crippen molar-refractivity contribution in [2.45, 2.75) is 51.3 Å². The Balaban J connectivity index is 1.57. The van der Waals surface area contributed by atoms with E-state index in [-0.39, 0.29) is 49.8 Å². The second-order valence-electron chi connectivity index (χ2n) is 9.12. The van der Waals surface area contributed by atoms with E-state index in [4.69, 9.17) is 10.5 Å². The zero-order valence-corrected chi connectivity index (χ0v) is 21.7. The lowest BCUT2D eigenvalue weighted by Gasteiger charge is -2.19. The van der Waals surface area contributed by atoms with Gasteiger partial charge in [0.25, 0.3) is 0 Å². The highest BCUT2D eigenvalue weighted by atomic mass is 32.1. The fourth-order valence-corrected chi connectivity index (χ4v) is 5.37. The number of nitrogens with two attached hydrogens (primary N) is 1. The molecule has 1 unspecified atom stereocenters. The Morgan fingerprint density at radius 3 is 2.62 bits per heavy atom. The number of aromatic nitrogens is 6. The van der Waals surface area contributed by atoms with Crippen LogP contribution in [0.4, 0.5) is 33.6 Å². The first-order valence-electron chi connectivity index (χ1n) is 11.6. The monoisotopic (exact) mass is 582 g/mol. The number of aryl methyl sites for hydroxylation is 2. The number of esters is 1. The summed E-state index contributed by atoms with van der Waals surface area (Å²) in [6, 6.07) is 3.04. The number of hydrogen-bond donors (Lipinski definition) is 2. The van der Waals surface area contributed by atoms with Gasteiger partial charge in [-0.3, -0.25) is 9.59 Å². The van der Waals surface area contributed by atoms with Crippen molar-refractivity contribution >= 4 is 45.9 Å². The highest BCUT2D eigenvalue weighted by Crippen LogP contribution is 2.48. The van der Waals surface area contributed by atoms with Crippen LogP contribution < -0.4 is 15.8 Å². The highest BCUT2D eigenvalue weighted by molar-refractivity contribution is 7.14. The minimum atomic E-state index is -5.72. The Bertz CT molecular complexity index is 1680. The van der Waals surface area contributed by atoms with Gasteiger partial charge in [0.15, 0.2) is 11.5 Å². The molecule has 1 atom stereocenters. The lowest BCUT2D eigenvalue weighted by atomic mass is 9.85. The molecule has 0 aromatic carbocycles. The number of anilines is 2. The van der Waals surface area contributed by atoms with Gasteiger partial charge in [0.1, 0.15) is 27.8 Å². The molecule has 210 valence electrons. The van der Waals surface area contributed by atoms with Crippen LogP contribution in [-0.4, -0.2) is 53.7 Å². The van der Waals surface area contributed by atoms with Gasteiger partial charge in [-0.1, -0.05) is 11.3 Å². The van der Waals surface area contributed by atoms with Crippen molar-refractivity contribution in [3.63, 3.8) is 0 Å². The molecule has 0 bridgehead atoms. The molecule has 4 aromatic heterocycles. The zero-order valence-electron chi connectivity index (χ0n) is 20.9. The van der Waals surface area contributed by atoms with Gasteiger partial charge in [-0.05, 0) is 26.0 Å². The van der Waals surface area contributed by atoms with E-state index in [1.165, 1.54) is 25.3 Å². The van der Waals surface area contributed by atoms with Gasteiger partial charge in [0, 0.05) is 26.1 Å². The quantitative estimate of drug-likeness (QED) is 0.254. The predicted octanol–water partition coefficient (Wildman–Crippen LogP) is 4.01. The summed E-state index contributed by atoms with van der Waals surface area (Å²) in [5.41, 5.74) is 5.48. The van der Waals surface area contributed by atoms with Crippen LogP contribution in [-0.2, 0) is 21.5 Å². The number of fused-ring (bicyclic) bond motifs is 2. The van der Waals surface area contributed by atoms with Gasteiger partial charge >= 0.3 is 18.1 Å². The van der Waals surface area contributed by atoms with E-state index in [2.05, 4.69) is 30.4 Å². The molecule has 0 aliphatic carbocycles. The lowest BCUT2D eigenvalue weighted by molar-refractivity contribution is -0.285. The van der Waals surface area contributed by atoms with Crippen LogP contribution in [0.2, 0.25) is 0 Å². The number of pyridine rings is 1. The normalized spacial score (nSPS) is 17.2. The SMILES string of the molecule is CC(=O)Oc1sc(C2(C)C(=O)Nc3nc(-c4nn(CCC(F)(F)C(F)(F)F)c5ncccc45)nc(N)c32)nc1C. The smallest absolute Gasteiger partial charge is 0.414 e. The number of nitrogens with zero attached hydrogens (tertiary/aromatic N) is 6. The molecule has 5 heterocycles. The summed E-state index contributed by atoms with van der Waals surface area (Å²) in [6.07, 6.45) is -5.95. The summed E-state index contributed by atoms with van der Waals surface area (Å²) in [5, 5.41) is 7.55. The average molecular weight is 583 g/mol. The number of amides is 1. The van der Waals surface area contributed by atoms with Crippen LogP contribution in [0.3, 0.4) is 0 Å². The third kappa shape index (κ3) is 4.29. The van der Waals surface area contributed by atoms with Gasteiger partial charge in [-0.2, -0.15) is 27.1 Å². The minimum Gasteiger partial charge on any atom is -0.414 e. The van der Waals surface area contributed by atoms with E-state index < -0.39 is 42.4 Å². The van der Waals surface area contributed by atoms with E-state index in [9.17, 15) is 31.5 Å². The molecule has 5 rings (SSSR count). The highest BCUT2D eigenvalue weighted by Gasteiger charge is 2.57. The van der Waals surface area contributed by atoms with Gasteiger partial charge in [0.2, 0.25) is 11.0 Å². The predicted molar refractivity (Wildman–Crippen MR) is 132 cm³/mol. The molecule has 3 N–H and O–H groups in total. The Hall–Kier alpha value is -4.28.